The molecule has 1 atom stereocenters. The molecule has 3 heteroatoms. The maximum Gasteiger partial charge on any atom is 0.206 e. The largest absolute Gasteiger partial charge is 0.260 e. The predicted octanol–water partition coefficient (Wildman–Crippen LogP) is 2.93. The highest BCUT2D eigenvalue weighted by Gasteiger charge is 2.07. The quantitative estimate of drug-likeness (QED) is 0.515. The van der Waals surface area contributed by atoms with Gasteiger partial charge in [0.25, 0.3) is 0 Å². The maximum atomic E-state index is 10.5. The molecule has 0 aromatic heterocycles. The van der Waals surface area contributed by atoms with Crippen LogP contribution < -0.4 is 0 Å². The first kappa shape index (κ1) is 9.58. The zero-order valence-corrected chi connectivity index (χ0v) is 7.77. The Kier molecular flexibility index (Phi) is 3.31. The lowest BCUT2D eigenvalue weighted by molar-refractivity contribution is 0.769. The van der Waals surface area contributed by atoms with E-state index in [1.165, 1.54) is 0 Å². The van der Waals surface area contributed by atoms with Crippen molar-refractivity contribution in [3.63, 3.8) is 0 Å². The molecule has 68 valence electrons. The highest BCUT2D eigenvalue weighted by atomic mass is 16.3. The van der Waals surface area contributed by atoms with Crippen LogP contribution >= 0.6 is 0 Å². The van der Waals surface area contributed by atoms with E-state index < -0.39 is 6.17 Å². The third-order valence-corrected chi connectivity index (χ3v) is 1.58. The summed E-state index contributed by atoms with van der Waals surface area (Å²) in [5.41, 5.74) is 1.69. The minimum Gasteiger partial charge on any atom is -0.260 e. The van der Waals surface area contributed by atoms with E-state index in [1.54, 1.807) is 0 Å². The number of hydrogen-bond acceptors (Lipinski definition) is 3. The molecule has 0 aliphatic carbocycles. The topological polar surface area (TPSA) is 41.8 Å². The minimum atomic E-state index is -0.591. The van der Waals surface area contributed by atoms with Crippen molar-refractivity contribution in [2.24, 2.45) is 10.2 Å². The first-order chi connectivity index (χ1) is 6.24. The van der Waals surface area contributed by atoms with Gasteiger partial charge in [-0.25, -0.2) is 0 Å². The first-order valence-corrected chi connectivity index (χ1v) is 4.12. The standard InChI is InChI=1S/C10H12N2O/c1-8(2)11-10(12-13)9-6-4-3-5-7-9/h3-7,10H,1-2H3. The van der Waals surface area contributed by atoms with E-state index in [2.05, 4.69) is 10.2 Å². The summed E-state index contributed by atoms with van der Waals surface area (Å²) in [4.78, 5) is 14.6. The molecule has 1 aromatic carbocycles. The lowest BCUT2D eigenvalue weighted by Crippen LogP contribution is -1.93. The van der Waals surface area contributed by atoms with Crippen LogP contribution in [0.3, 0.4) is 0 Å². The zero-order chi connectivity index (χ0) is 9.68. The summed E-state index contributed by atoms with van der Waals surface area (Å²) in [5, 5.41) is 2.96. The van der Waals surface area contributed by atoms with Crippen LogP contribution in [-0.4, -0.2) is 5.71 Å². The second-order valence-electron chi connectivity index (χ2n) is 2.97. The fourth-order valence-electron chi connectivity index (χ4n) is 1.03. The van der Waals surface area contributed by atoms with Crippen LogP contribution in [0.4, 0.5) is 0 Å². The summed E-state index contributed by atoms with van der Waals surface area (Å²) >= 11 is 0. The lowest BCUT2D eigenvalue weighted by atomic mass is 10.2. The van der Waals surface area contributed by atoms with E-state index in [4.69, 9.17) is 0 Å². The van der Waals surface area contributed by atoms with Gasteiger partial charge in [0.05, 0.1) is 0 Å². The maximum absolute atomic E-state index is 10.5. The van der Waals surface area contributed by atoms with Crippen molar-refractivity contribution in [3.8, 4) is 0 Å². The Morgan fingerprint density at radius 3 is 2.31 bits per heavy atom. The van der Waals surface area contributed by atoms with Crippen molar-refractivity contribution < 1.29 is 0 Å². The molecule has 0 bridgehead atoms. The molecule has 13 heavy (non-hydrogen) atoms. The molecule has 0 heterocycles. The Morgan fingerprint density at radius 2 is 1.85 bits per heavy atom. The fraction of sp³-hybridized carbons (Fsp3) is 0.300. The molecule has 0 aliphatic heterocycles. The van der Waals surface area contributed by atoms with Crippen molar-refractivity contribution in [1.29, 1.82) is 0 Å². The van der Waals surface area contributed by atoms with E-state index in [0.717, 1.165) is 11.3 Å². The molecule has 0 N–H and O–H groups in total. The number of hydrogen-bond donors (Lipinski definition) is 0. The van der Waals surface area contributed by atoms with E-state index in [-0.39, 0.29) is 0 Å². The zero-order valence-electron chi connectivity index (χ0n) is 7.77. The molecule has 0 radical (unpaired) electrons. The van der Waals surface area contributed by atoms with Crippen molar-refractivity contribution in [2.45, 2.75) is 20.0 Å². The van der Waals surface area contributed by atoms with Gasteiger partial charge in [0.2, 0.25) is 6.17 Å². The van der Waals surface area contributed by atoms with Gasteiger partial charge in [-0.15, -0.1) is 4.91 Å². The Hall–Kier alpha value is -1.51. The highest BCUT2D eigenvalue weighted by Crippen LogP contribution is 2.17. The fourth-order valence-corrected chi connectivity index (χ4v) is 1.03. The van der Waals surface area contributed by atoms with E-state index in [9.17, 15) is 4.91 Å². The summed E-state index contributed by atoms with van der Waals surface area (Å²) < 4.78 is 0. The van der Waals surface area contributed by atoms with Crippen molar-refractivity contribution in [1.82, 2.24) is 0 Å². The van der Waals surface area contributed by atoms with Crippen LogP contribution in [0.5, 0.6) is 0 Å². The summed E-state index contributed by atoms with van der Waals surface area (Å²) in [6.07, 6.45) is -0.591. The molecule has 0 saturated carbocycles. The summed E-state index contributed by atoms with van der Waals surface area (Å²) in [6.45, 7) is 3.70. The van der Waals surface area contributed by atoms with Gasteiger partial charge in [-0.2, -0.15) is 0 Å². The minimum absolute atomic E-state index is 0.591. The van der Waals surface area contributed by atoms with Gasteiger partial charge < -0.3 is 0 Å². The average Bonchev–Trinajstić information content (AvgIpc) is 2.15. The monoisotopic (exact) mass is 176 g/mol. The second-order valence-corrected chi connectivity index (χ2v) is 2.97. The van der Waals surface area contributed by atoms with E-state index >= 15 is 0 Å². The van der Waals surface area contributed by atoms with Gasteiger partial charge in [-0.1, -0.05) is 30.3 Å². The van der Waals surface area contributed by atoms with Gasteiger partial charge in [0.15, 0.2) is 0 Å². The van der Waals surface area contributed by atoms with Crippen LogP contribution in [-0.2, 0) is 0 Å². The molecule has 0 saturated heterocycles. The molecule has 3 nitrogen and oxygen atoms in total. The van der Waals surface area contributed by atoms with Gasteiger partial charge in [0, 0.05) is 11.3 Å². The average molecular weight is 176 g/mol. The van der Waals surface area contributed by atoms with Gasteiger partial charge in [-0.3, -0.25) is 4.99 Å². The number of nitroso groups, excluding NO2 is 1. The molecule has 0 spiro atoms. The Balaban J connectivity index is 2.92. The molecule has 0 fully saturated rings. The third-order valence-electron chi connectivity index (χ3n) is 1.58. The highest BCUT2D eigenvalue weighted by molar-refractivity contribution is 5.79. The lowest BCUT2D eigenvalue weighted by Gasteiger charge is -2.03. The third kappa shape index (κ3) is 2.78. The normalized spacial score (nSPS) is 11.8. The summed E-state index contributed by atoms with van der Waals surface area (Å²) in [7, 11) is 0. The van der Waals surface area contributed by atoms with Crippen LogP contribution in [0.25, 0.3) is 0 Å². The summed E-state index contributed by atoms with van der Waals surface area (Å²) in [6, 6.07) is 9.33. The van der Waals surface area contributed by atoms with Crippen molar-refractivity contribution in [3.05, 3.63) is 40.8 Å². The van der Waals surface area contributed by atoms with Crippen LogP contribution in [0.2, 0.25) is 0 Å². The van der Waals surface area contributed by atoms with Crippen molar-refractivity contribution >= 4 is 5.71 Å². The van der Waals surface area contributed by atoms with E-state index in [1.807, 2.05) is 44.2 Å². The first-order valence-electron chi connectivity index (χ1n) is 4.12. The number of aliphatic imine (C=N–C) groups is 1. The van der Waals surface area contributed by atoms with Crippen LogP contribution in [0.1, 0.15) is 25.6 Å². The molecule has 0 aliphatic rings. The molecular formula is C10H12N2O. The molecule has 1 aromatic rings. The Morgan fingerprint density at radius 1 is 1.23 bits per heavy atom. The number of nitrogens with zero attached hydrogens (tertiary/aromatic N) is 2. The van der Waals surface area contributed by atoms with Gasteiger partial charge in [0.1, 0.15) is 0 Å². The van der Waals surface area contributed by atoms with Crippen LogP contribution in [0, 0.1) is 4.91 Å². The molecular weight excluding hydrogens is 164 g/mol. The van der Waals surface area contributed by atoms with Gasteiger partial charge >= 0.3 is 0 Å². The van der Waals surface area contributed by atoms with E-state index in [0.29, 0.717) is 0 Å². The second kappa shape index (κ2) is 4.50. The number of benzene rings is 1. The Labute approximate surface area is 77.5 Å². The molecule has 1 rings (SSSR count). The molecule has 0 amide bonds. The summed E-state index contributed by atoms with van der Waals surface area (Å²) in [5.74, 6) is 0. The molecule has 1 unspecified atom stereocenters. The van der Waals surface area contributed by atoms with Crippen LogP contribution in [0.15, 0.2) is 40.5 Å². The van der Waals surface area contributed by atoms with Gasteiger partial charge in [-0.05, 0) is 19.0 Å². The Bertz CT molecular complexity index is 302. The number of rotatable bonds is 3. The SMILES string of the molecule is CC(C)=NC(N=O)c1ccccc1. The van der Waals surface area contributed by atoms with Crippen molar-refractivity contribution in [2.75, 3.05) is 0 Å². The predicted molar refractivity (Wildman–Crippen MR) is 53.8 cm³/mol. The smallest absolute Gasteiger partial charge is 0.206 e.